The van der Waals surface area contributed by atoms with Gasteiger partial charge in [0.05, 0.1) is 0 Å². The van der Waals surface area contributed by atoms with Crippen LogP contribution in [0, 0.1) is 13.8 Å². The molecule has 0 aliphatic carbocycles. The molecule has 0 saturated heterocycles. The van der Waals surface area contributed by atoms with E-state index in [2.05, 4.69) is 28.4 Å². The Balaban J connectivity index is 2.33. The fourth-order valence-corrected chi connectivity index (χ4v) is 3.23. The van der Waals surface area contributed by atoms with Crippen molar-refractivity contribution in [3.63, 3.8) is 0 Å². The Morgan fingerprint density at radius 1 is 1.38 bits per heavy atom. The second-order valence-corrected chi connectivity index (χ2v) is 5.49. The van der Waals surface area contributed by atoms with Crippen LogP contribution in [0.15, 0.2) is 27.4 Å². The van der Waals surface area contributed by atoms with E-state index in [1.807, 2.05) is 13.0 Å². The maximum absolute atomic E-state index is 5.73. The van der Waals surface area contributed by atoms with E-state index < -0.39 is 0 Å². The molecule has 2 N–H and O–H groups in total. The van der Waals surface area contributed by atoms with Crippen molar-refractivity contribution in [1.82, 2.24) is 9.36 Å². The summed E-state index contributed by atoms with van der Waals surface area (Å²) in [5.74, 6) is 0.829. The molecule has 0 aliphatic heterocycles. The first kappa shape index (κ1) is 11.6. The van der Waals surface area contributed by atoms with Gasteiger partial charge in [0.15, 0.2) is 4.34 Å². The molecule has 1 aromatic carbocycles. The average molecular weight is 251 g/mol. The highest BCUT2D eigenvalue weighted by Gasteiger charge is 2.09. The van der Waals surface area contributed by atoms with E-state index in [-0.39, 0.29) is 0 Å². The van der Waals surface area contributed by atoms with Crippen LogP contribution in [0.3, 0.4) is 0 Å². The van der Waals surface area contributed by atoms with Crippen LogP contribution < -0.4 is 5.73 Å². The first-order valence-corrected chi connectivity index (χ1v) is 6.56. The minimum absolute atomic E-state index is 0.557. The zero-order valence-electron chi connectivity index (χ0n) is 9.23. The molecule has 5 heteroatoms. The van der Waals surface area contributed by atoms with Crippen LogP contribution in [0.25, 0.3) is 0 Å². The fourth-order valence-electron chi connectivity index (χ4n) is 1.43. The molecule has 3 nitrogen and oxygen atoms in total. The molecule has 84 valence electrons. The van der Waals surface area contributed by atoms with E-state index in [1.54, 1.807) is 11.8 Å². The van der Waals surface area contributed by atoms with E-state index in [0.717, 1.165) is 15.7 Å². The van der Waals surface area contributed by atoms with Gasteiger partial charge in [0, 0.05) is 11.4 Å². The molecule has 2 aromatic rings. The quantitative estimate of drug-likeness (QED) is 0.911. The number of benzene rings is 1. The van der Waals surface area contributed by atoms with Crippen molar-refractivity contribution >= 4 is 23.3 Å². The summed E-state index contributed by atoms with van der Waals surface area (Å²) in [5.41, 5.74) is 8.13. The topological polar surface area (TPSA) is 51.8 Å². The first-order chi connectivity index (χ1) is 7.70. The lowest BCUT2D eigenvalue weighted by Crippen LogP contribution is -1.99. The highest BCUT2D eigenvalue weighted by Crippen LogP contribution is 2.33. The summed E-state index contributed by atoms with van der Waals surface area (Å²) in [7, 11) is 0. The molecule has 0 amide bonds. The van der Waals surface area contributed by atoms with E-state index in [4.69, 9.17) is 5.73 Å². The molecule has 0 radical (unpaired) electrons. The molecule has 2 rings (SSSR count). The molecule has 0 fully saturated rings. The van der Waals surface area contributed by atoms with Crippen LogP contribution in [0.2, 0.25) is 0 Å². The Morgan fingerprint density at radius 2 is 2.19 bits per heavy atom. The zero-order valence-corrected chi connectivity index (χ0v) is 10.9. The molecule has 0 aliphatic rings. The second kappa shape index (κ2) is 4.95. The van der Waals surface area contributed by atoms with Gasteiger partial charge in [0.1, 0.15) is 5.82 Å². The largest absolute Gasteiger partial charge is 0.326 e. The Morgan fingerprint density at radius 3 is 2.81 bits per heavy atom. The van der Waals surface area contributed by atoms with E-state index >= 15 is 0 Å². The minimum Gasteiger partial charge on any atom is -0.326 e. The van der Waals surface area contributed by atoms with Crippen molar-refractivity contribution in [2.75, 3.05) is 0 Å². The second-order valence-electron chi connectivity index (χ2n) is 3.48. The summed E-state index contributed by atoms with van der Waals surface area (Å²) in [6.45, 7) is 4.55. The van der Waals surface area contributed by atoms with Crippen LogP contribution in [0.1, 0.15) is 17.0 Å². The summed E-state index contributed by atoms with van der Waals surface area (Å²) in [4.78, 5) is 5.56. The number of aromatic nitrogens is 2. The van der Waals surface area contributed by atoms with Crippen molar-refractivity contribution in [2.45, 2.75) is 29.6 Å². The van der Waals surface area contributed by atoms with Gasteiger partial charge in [0.25, 0.3) is 0 Å². The van der Waals surface area contributed by atoms with Gasteiger partial charge in [-0.05, 0) is 36.5 Å². The highest BCUT2D eigenvalue weighted by molar-refractivity contribution is 8.01. The van der Waals surface area contributed by atoms with Gasteiger partial charge in [-0.2, -0.15) is 4.37 Å². The van der Waals surface area contributed by atoms with Crippen LogP contribution in [0.4, 0.5) is 0 Å². The lowest BCUT2D eigenvalue weighted by Gasteiger charge is -2.08. The number of rotatable bonds is 3. The molecule has 0 atom stereocenters. The summed E-state index contributed by atoms with van der Waals surface area (Å²) in [6, 6.07) is 6.19. The minimum atomic E-state index is 0.557. The van der Waals surface area contributed by atoms with Crippen molar-refractivity contribution in [2.24, 2.45) is 5.73 Å². The van der Waals surface area contributed by atoms with E-state index in [9.17, 15) is 0 Å². The molecule has 0 spiro atoms. The van der Waals surface area contributed by atoms with Gasteiger partial charge in [0.2, 0.25) is 0 Å². The maximum Gasteiger partial charge on any atom is 0.174 e. The van der Waals surface area contributed by atoms with Crippen molar-refractivity contribution in [3.05, 3.63) is 35.2 Å². The summed E-state index contributed by atoms with van der Waals surface area (Å²) < 4.78 is 5.15. The number of hydrogen-bond donors (Lipinski definition) is 1. The van der Waals surface area contributed by atoms with Crippen molar-refractivity contribution < 1.29 is 0 Å². The third-order valence-corrected chi connectivity index (χ3v) is 4.34. The molecule has 0 unspecified atom stereocenters. The third-order valence-electron chi connectivity index (χ3n) is 2.21. The molecular weight excluding hydrogens is 238 g/mol. The Kier molecular flexibility index (Phi) is 3.58. The summed E-state index contributed by atoms with van der Waals surface area (Å²) in [6.07, 6.45) is 0. The average Bonchev–Trinajstić information content (AvgIpc) is 2.67. The highest BCUT2D eigenvalue weighted by atomic mass is 32.2. The Bertz CT molecular complexity index is 494. The van der Waals surface area contributed by atoms with Gasteiger partial charge >= 0.3 is 0 Å². The first-order valence-electron chi connectivity index (χ1n) is 4.97. The molecule has 16 heavy (non-hydrogen) atoms. The predicted molar refractivity (Wildman–Crippen MR) is 67.8 cm³/mol. The third kappa shape index (κ3) is 2.42. The van der Waals surface area contributed by atoms with Gasteiger partial charge < -0.3 is 5.73 Å². The lowest BCUT2D eigenvalue weighted by atomic mass is 10.1. The SMILES string of the molecule is Cc1nsc(Sc2c(C)cccc2CN)n1. The summed E-state index contributed by atoms with van der Waals surface area (Å²) in [5, 5.41) is 0. The van der Waals surface area contributed by atoms with Crippen LogP contribution >= 0.6 is 23.3 Å². The molecule has 0 bridgehead atoms. The van der Waals surface area contributed by atoms with Crippen molar-refractivity contribution in [1.29, 1.82) is 0 Å². The van der Waals surface area contributed by atoms with Gasteiger partial charge in [-0.3, -0.25) is 0 Å². The Hall–Kier alpha value is -0.910. The van der Waals surface area contributed by atoms with Crippen molar-refractivity contribution in [3.8, 4) is 0 Å². The normalized spacial score (nSPS) is 10.7. The molecule has 1 aromatic heterocycles. The fraction of sp³-hybridized carbons (Fsp3) is 0.273. The van der Waals surface area contributed by atoms with Gasteiger partial charge in [-0.25, -0.2) is 4.98 Å². The smallest absolute Gasteiger partial charge is 0.174 e. The molecule has 0 saturated carbocycles. The van der Waals surface area contributed by atoms with Gasteiger partial charge in [-0.15, -0.1) is 0 Å². The van der Waals surface area contributed by atoms with E-state index in [0.29, 0.717) is 6.54 Å². The Labute approximate surface area is 103 Å². The lowest BCUT2D eigenvalue weighted by molar-refractivity contribution is 1.01. The monoisotopic (exact) mass is 251 g/mol. The number of nitrogens with zero attached hydrogens (tertiary/aromatic N) is 2. The molecular formula is C11H13N3S2. The molecule has 1 heterocycles. The van der Waals surface area contributed by atoms with E-state index in [1.165, 1.54) is 22.0 Å². The zero-order chi connectivity index (χ0) is 11.5. The number of nitrogens with two attached hydrogens (primary N) is 1. The van der Waals surface area contributed by atoms with Gasteiger partial charge in [-0.1, -0.05) is 30.0 Å². The predicted octanol–water partition coefficient (Wildman–Crippen LogP) is 2.76. The van der Waals surface area contributed by atoms with Crippen LogP contribution in [0.5, 0.6) is 0 Å². The van der Waals surface area contributed by atoms with Crippen LogP contribution in [-0.4, -0.2) is 9.36 Å². The number of aryl methyl sites for hydroxylation is 2. The standard InChI is InChI=1S/C11H13N3S2/c1-7-4-3-5-9(6-12)10(7)15-11-13-8(2)14-16-11/h3-5H,6,12H2,1-2H3. The maximum atomic E-state index is 5.73. The number of hydrogen-bond acceptors (Lipinski definition) is 5. The summed E-state index contributed by atoms with van der Waals surface area (Å²) >= 11 is 3.08. The van der Waals surface area contributed by atoms with Crippen LogP contribution in [-0.2, 0) is 6.54 Å².